The summed E-state index contributed by atoms with van der Waals surface area (Å²) in [6.45, 7) is 4.56. The van der Waals surface area contributed by atoms with E-state index in [1.165, 1.54) is 0 Å². The Balaban J connectivity index is 2.94. The minimum atomic E-state index is -0.904. The molecule has 0 heterocycles. The summed E-state index contributed by atoms with van der Waals surface area (Å²) < 4.78 is 13.7. The molecule has 0 radical (unpaired) electrons. The summed E-state index contributed by atoms with van der Waals surface area (Å²) >= 11 is 0. The molecule has 0 bridgehead atoms. The number of alkyl halides is 1. The van der Waals surface area contributed by atoms with Gasteiger partial charge in [0, 0.05) is 6.54 Å². The van der Waals surface area contributed by atoms with Gasteiger partial charge < -0.3 is 5.32 Å². The second kappa shape index (κ2) is 5.11. The van der Waals surface area contributed by atoms with Crippen LogP contribution in [0.1, 0.15) is 37.1 Å². The molecule has 0 saturated carbocycles. The van der Waals surface area contributed by atoms with Crippen molar-refractivity contribution in [3.8, 4) is 0 Å². The van der Waals surface area contributed by atoms with Crippen molar-refractivity contribution in [2.75, 3.05) is 13.6 Å². The second-order valence-electron chi connectivity index (χ2n) is 3.81. The molecule has 1 aromatic rings. The van der Waals surface area contributed by atoms with Gasteiger partial charge in [-0.25, -0.2) is 4.39 Å². The molecule has 14 heavy (non-hydrogen) atoms. The fourth-order valence-corrected chi connectivity index (χ4v) is 1.61. The van der Waals surface area contributed by atoms with E-state index in [2.05, 4.69) is 19.2 Å². The van der Waals surface area contributed by atoms with Crippen LogP contribution in [0.4, 0.5) is 4.39 Å². The maximum atomic E-state index is 13.7. The molecule has 1 nitrogen and oxygen atoms in total. The monoisotopic (exact) mass is 195 g/mol. The lowest BCUT2D eigenvalue weighted by atomic mass is 9.94. The van der Waals surface area contributed by atoms with Crippen molar-refractivity contribution in [3.05, 3.63) is 35.4 Å². The van der Waals surface area contributed by atoms with E-state index < -0.39 is 6.17 Å². The maximum Gasteiger partial charge on any atom is 0.138 e. The van der Waals surface area contributed by atoms with Gasteiger partial charge in [-0.3, -0.25) is 0 Å². The van der Waals surface area contributed by atoms with E-state index in [9.17, 15) is 4.39 Å². The Kier molecular flexibility index (Phi) is 4.08. The lowest BCUT2D eigenvalue weighted by Crippen LogP contribution is -2.15. The number of hydrogen-bond acceptors (Lipinski definition) is 1. The van der Waals surface area contributed by atoms with Gasteiger partial charge >= 0.3 is 0 Å². The van der Waals surface area contributed by atoms with Crippen LogP contribution in [0.15, 0.2) is 24.3 Å². The highest BCUT2D eigenvalue weighted by Crippen LogP contribution is 2.26. The molecule has 2 heteroatoms. The summed E-state index contributed by atoms with van der Waals surface area (Å²) in [6.07, 6.45) is -0.904. The number of hydrogen-bond donors (Lipinski definition) is 1. The molecular formula is C12H18FN. The van der Waals surface area contributed by atoms with E-state index in [-0.39, 0.29) is 0 Å². The topological polar surface area (TPSA) is 12.0 Å². The first kappa shape index (κ1) is 11.2. The highest BCUT2D eigenvalue weighted by Gasteiger charge is 2.14. The van der Waals surface area contributed by atoms with Gasteiger partial charge in [0.2, 0.25) is 0 Å². The zero-order chi connectivity index (χ0) is 10.6. The first-order valence-corrected chi connectivity index (χ1v) is 5.04. The Morgan fingerprint density at radius 2 is 1.79 bits per heavy atom. The summed E-state index contributed by atoms with van der Waals surface area (Å²) in [5.74, 6) is 0.376. The van der Waals surface area contributed by atoms with E-state index >= 15 is 0 Å². The van der Waals surface area contributed by atoms with Crippen LogP contribution < -0.4 is 5.32 Å². The SMILES string of the molecule is CNCC(F)c1ccccc1C(C)C. The molecular weight excluding hydrogens is 177 g/mol. The Hall–Kier alpha value is -0.890. The van der Waals surface area contributed by atoms with Gasteiger partial charge in [-0.05, 0) is 24.1 Å². The van der Waals surface area contributed by atoms with E-state index in [4.69, 9.17) is 0 Å². The Labute approximate surface area is 85.3 Å². The molecule has 1 aromatic carbocycles. The molecule has 1 N–H and O–H groups in total. The second-order valence-corrected chi connectivity index (χ2v) is 3.81. The van der Waals surface area contributed by atoms with E-state index in [1.807, 2.05) is 24.3 Å². The summed E-state index contributed by atoms with van der Waals surface area (Å²) in [4.78, 5) is 0. The van der Waals surface area contributed by atoms with Crippen molar-refractivity contribution in [2.45, 2.75) is 25.9 Å². The largest absolute Gasteiger partial charge is 0.317 e. The molecule has 0 amide bonds. The van der Waals surface area contributed by atoms with Crippen molar-refractivity contribution in [3.63, 3.8) is 0 Å². The van der Waals surface area contributed by atoms with Crippen molar-refractivity contribution in [1.82, 2.24) is 5.32 Å². The third-order valence-corrected chi connectivity index (χ3v) is 2.34. The maximum absolute atomic E-state index is 13.7. The van der Waals surface area contributed by atoms with Gasteiger partial charge in [0.25, 0.3) is 0 Å². The highest BCUT2D eigenvalue weighted by molar-refractivity contribution is 5.31. The predicted octanol–water partition coefficient (Wildman–Crippen LogP) is 3.04. The molecule has 1 rings (SSSR count). The van der Waals surface area contributed by atoms with E-state index in [0.717, 1.165) is 11.1 Å². The normalized spacial score (nSPS) is 13.2. The first-order chi connectivity index (χ1) is 6.66. The van der Waals surface area contributed by atoms with Crippen LogP contribution in [0, 0.1) is 0 Å². The number of nitrogens with one attached hydrogen (secondary N) is 1. The molecule has 0 aliphatic heterocycles. The molecule has 0 fully saturated rings. The van der Waals surface area contributed by atoms with Crippen molar-refractivity contribution >= 4 is 0 Å². The minimum Gasteiger partial charge on any atom is -0.317 e. The molecule has 1 atom stereocenters. The first-order valence-electron chi connectivity index (χ1n) is 5.04. The third kappa shape index (κ3) is 2.55. The van der Waals surface area contributed by atoms with Gasteiger partial charge in [0.15, 0.2) is 0 Å². The molecule has 0 saturated heterocycles. The van der Waals surface area contributed by atoms with E-state index in [1.54, 1.807) is 7.05 Å². The lowest BCUT2D eigenvalue weighted by molar-refractivity contribution is 0.333. The van der Waals surface area contributed by atoms with Crippen LogP contribution in [0.25, 0.3) is 0 Å². The third-order valence-electron chi connectivity index (χ3n) is 2.34. The molecule has 0 spiro atoms. The van der Waals surface area contributed by atoms with Crippen LogP contribution in [-0.2, 0) is 0 Å². The van der Waals surface area contributed by atoms with Gasteiger partial charge in [-0.1, -0.05) is 38.1 Å². The van der Waals surface area contributed by atoms with Gasteiger partial charge in [0.05, 0.1) is 0 Å². The molecule has 0 aliphatic carbocycles. The Bertz CT molecular complexity index is 283. The predicted molar refractivity (Wildman–Crippen MR) is 58.3 cm³/mol. The van der Waals surface area contributed by atoms with Crippen molar-refractivity contribution in [2.24, 2.45) is 0 Å². The van der Waals surface area contributed by atoms with Gasteiger partial charge in [0.1, 0.15) is 6.17 Å². The van der Waals surface area contributed by atoms with Gasteiger partial charge in [-0.15, -0.1) is 0 Å². The fraction of sp³-hybridized carbons (Fsp3) is 0.500. The quantitative estimate of drug-likeness (QED) is 0.778. The van der Waals surface area contributed by atoms with Crippen LogP contribution >= 0.6 is 0 Å². The van der Waals surface area contributed by atoms with Crippen LogP contribution in [0.2, 0.25) is 0 Å². The number of benzene rings is 1. The smallest absolute Gasteiger partial charge is 0.138 e. The number of likely N-dealkylation sites (N-methyl/N-ethyl adjacent to an activating group) is 1. The minimum absolute atomic E-state index is 0.376. The zero-order valence-corrected chi connectivity index (χ0v) is 9.05. The Morgan fingerprint density at radius 3 is 2.29 bits per heavy atom. The van der Waals surface area contributed by atoms with Crippen molar-refractivity contribution in [1.29, 1.82) is 0 Å². The van der Waals surface area contributed by atoms with Gasteiger partial charge in [-0.2, -0.15) is 0 Å². The standard InChI is InChI=1S/C12H18FN/c1-9(2)10-6-4-5-7-11(10)12(13)8-14-3/h4-7,9,12,14H,8H2,1-3H3. The average Bonchev–Trinajstić information content (AvgIpc) is 2.18. The summed E-state index contributed by atoms with van der Waals surface area (Å²) in [5.41, 5.74) is 1.92. The number of rotatable bonds is 4. The highest BCUT2D eigenvalue weighted by atomic mass is 19.1. The fourth-order valence-electron chi connectivity index (χ4n) is 1.61. The van der Waals surface area contributed by atoms with Crippen LogP contribution in [-0.4, -0.2) is 13.6 Å². The summed E-state index contributed by atoms with van der Waals surface area (Å²) in [7, 11) is 1.77. The van der Waals surface area contributed by atoms with E-state index in [0.29, 0.717) is 12.5 Å². The summed E-state index contributed by atoms with van der Waals surface area (Å²) in [6, 6.07) is 7.73. The zero-order valence-electron chi connectivity index (χ0n) is 9.05. The molecule has 1 unspecified atom stereocenters. The molecule has 0 aromatic heterocycles. The van der Waals surface area contributed by atoms with Crippen LogP contribution in [0.5, 0.6) is 0 Å². The van der Waals surface area contributed by atoms with Crippen LogP contribution in [0.3, 0.4) is 0 Å². The average molecular weight is 195 g/mol. The summed E-state index contributed by atoms with van der Waals surface area (Å²) in [5, 5.41) is 2.86. The molecule has 0 aliphatic rings. The number of halogens is 1. The lowest BCUT2D eigenvalue weighted by Gasteiger charge is -2.15. The van der Waals surface area contributed by atoms with Crippen molar-refractivity contribution < 1.29 is 4.39 Å². The molecule has 78 valence electrons. The Morgan fingerprint density at radius 1 is 1.21 bits per heavy atom.